The predicted octanol–water partition coefficient (Wildman–Crippen LogP) is 6.40. The van der Waals surface area contributed by atoms with Crippen molar-refractivity contribution in [2.45, 2.75) is 0 Å². The summed E-state index contributed by atoms with van der Waals surface area (Å²) in [5.74, 6) is 0.785. The number of ether oxygens (including phenoxy) is 1. The van der Waals surface area contributed by atoms with Gasteiger partial charge in [-0.05, 0) is 42.5 Å². The molecule has 0 spiro atoms. The summed E-state index contributed by atoms with van der Waals surface area (Å²) >= 11 is 18.7. The van der Waals surface area contributed by atoms with Crippen LogP contribution in [0.4, 0.5) is 11.4 Å². The Morgan fingerprint density at radius 2 is 1.71 bits per heavy atom. The van der Waals surface area contributed by atoms with E-state index in [1.165, 1.54) is 6.08 Å². The second kappa shape index (κ2) is 9.79. The minimum Gasteiger partial charge on any atom is -0.457 e. The fourth-order valence-electron chi connectivity index (χ4n) is 3.34. The number of nitrogens with zero attached hydrogens (tertiary/aromatic N) is 1. The van der Waals surface area contributed by atoms with Crippen LogP contribution >= 0.6 is 34.8 Å². The van der Waals surface area contributed by atoms with Crippen molar-refractivity contribution in [3.05, 3.63) is 75.4 Å². The SMILES string of the molecule is O=C(C=Cc1ccc(-c2cccc(Cl)c2Cl)o1)Nc1cccc(Cl)c1N1CCOCC1. The third-order valence-electron chi connectivity index (χ3n) is 4.81. The molecule has 31 heavy (non-hydrogen) atoms. The van der Waals surface area contributed by atoms with Gasteiger partial charge in [0.05, 0.1) is 39.7 Å². The van der Waals surface area contributed by atoms with E-state index in [4.69, 9.17) is 44.0 Å². The molecule has 160 valence electrons. The first-order valence-electron chi connectivity index (χ1n) is 9.67. The largest absolute Gasteiger partial charge is 0.457 e. The smallest absolute Gasteiger partial charge is 0.248 e. The van der Waals surface area contributed by atoms with E-state index >= 15 is 0 Å². The normalized spacial score (nSPS) is 14.2. The Labute approximate surface area is 195 Å². The second-order valence-electron chi connectivity index (χ2n) is 6.86. The van der Waals surface area contributed by atoms with Gasteiger partial charge in [-0.2, -0.15) is 0 Å². The molecule has 1 amide bonds. The number of rotatable bonds is 5. The van der Waals surface area contributed by atoms with E-state index in [0.717, 1.165) is 5.69 Å². The molecule has 8 heteroatoms. The maximum absolute atomic E-state index is 12.5. The summed E-state index contributed by atoms with van der Waals surface area (Å²) in [7, 11) is 0. The number of carbonyl (C=O) groups is 1. The molecule has 3 aromatic rings. The lowest BCUT2D eigenvalue weighted by Crippen LogP contribution is -2.37. The highest BCUT2D eigenvalue weighted by Crippen LogP contribution is 2.35. The zero-order chi connectivity index (χ0) is 21.8. The van der Waals surface area contributed by atoms with Gasteiger partial charge in [0.1, 0.15) is 11.5 Å². The number of para-hydroxylation sites is 1. The van der Waals surface area contributed by atoms with Gasteiger partial charge >= 0.3 is 0 Å². The molecule has 5 nitrogen and oxygen atoms in total. The quantitative estimate of drug-likeness (QED) is 0.432. The topological polar surface area (TPSA) is 54.7 Å². The summed E-state index contributed by atoms with van der Waals surface area (Å²) in [6.07, 6.45) is 3.00. The van der Waals surface area contributed by atoms with E-state index in [-0.39, 0.29) is 5.91 Å². The predicted molar refractivity (Wildman–Crippen MR) is 126 cm³/mol. The Bertz CT molecular complexity index is 1120. The van der Waals surface area contributed by atoms with Crippen LogP contribution in [0.2, 0.25) is 15.1 Å². The van der Waals surface area contributed by atoms with Crippen molar-refractivity contribution in [3.8, 4) is 11.3 Å². The molecule has 1 aliphatic rings. The fourth-order valence-corrected chi connectivity index (χ4v) is 4.03. The Balaban J connectivity index is 1.48. The number of hydrogen-bond acceptors (Lipinski definition) is 4. The van der Waals surface area contributed by atoms with Gasteiger partial charge in [0.25, 0.3) is 0 Å². The van der Waals surface area contributed by atoms with Gasteiger partial charge in [0, 0.05) is 24.7 Å². The van der Waals surface area contributed by atoms with Gasteiger partial charge in [-0.3, -0.25) is 4.79 Å². The first-order valence-corrected chi connectivity index (χ1v) is 10.8. The van der Waals surface area contributed by atoms with Crippen LogP contribution < -0.4 is 10.2 Å². The third-order valence-corrected chi connectivity index (χ3v) is 5.94. The van der Waals surface area contributed by atoms with Crippen LogP contribution in [-0.4, -0.2) is 32.2 Å². The monoisotopic (exact) mass is 476 g/mol. The first kappa shape index (κ1) is 21.8. The van der Waals surface area contributed by atoms with Crippen molar-refractivity contribution < 1.29 is 13.9 Å². The Morgan fingerprint density at radius 1 is 0.968 bits per heavy atom. The molecule has 0 bridgehead atoms. The molecule has 2 heterocycles. The number of halogens is 3. The molecule has 0 saturated carbocycles. The molecule has 1 aliphatic heterocycles. The van der Waals surface area contributed by atoms with E-state index in [1.807, 2.05) is 18.2 Å². The van der Waals surface area contributed by atoms with Gasteiger partial charge in [0.15, 0.2) is 0 Å². The maximum Gasteiger partial charge on any atom is 0.248 e. The number of benzene rings is 2. The van der Waals surface area contributed by atoms with Crippen molar-refractivity contribution in [3.63, 3.8) is 0 Å². The Hall–Kier alpha value is -2.44. The molecular formula is C23H19Cl3N2O3. The fraction of sp³-hybridized carbons (Fsp3) is 0.174. The summed E-state index contributed by atoms with van der Waals surface area (Å²) in [4.78, 5) is 14.7. The number of morpholine rings is 1. The highest BCUT2D eigenvalue weighted by atomic mass is 35.5. The van der Waals surface area contributed by atoms with Crippen LogP contribution in [0.5, 0.6) is 0 Å². The number of furan rings is 1. The van der Waals surface area contributed by atoms with Crippen LogP contribution in [-0.2, 0) is 9.53 Å². The van der Waals surface area contributed by atoms with E-state index in [9.17, 15) is 4.79 Å². The highest BCUT2D eigenvalue weighted by molar-refractivity contribution is 6.43. The van der Waals surface area contributed by atoms with Crippen LogP contribution in [0.15, 0.2) is 59.0 Å². The summed E-state index contributed by atoms with van der Waals surface area (Å²) in [6, 6.07) is 14.3. The van der Waals surface area contributed by atoms with Crippen LogP contribution in [0.1, 0.15) is 5.76 Å². The van der Waals surface area contributed by atoms with Gasteiger partial charge in [0.2, 0.25) is 5.91 Å². The number of nitrogens with one attached hydrogen (secondary N) is 1. The molecule has 1 N–H and O–H groups in total. The number of carbonyl (C=O) groups excluding carboxylic acids is 1. The number of amides is 1. The Kier molecular flexibility index (Phi) is 6.88. The molecular weight excluding hydrogens is 459 g/mol. The Morgan fingerprint density at radius 3 is 2.52 bits per heavy atom. The number of anilines is 2. The summed E-state index contributed by atoms with van der Waals surface area (Å²) in [5.41, 5.74) is 2.13. The molecule has 1 fully saturated rings. The minimum absolute atomic E-state index is 0.296. The van der Waals surface area contributed by atoms with Crippen LogP contribution in [0, 0.1) is 0 Å². The zero-order valence-corrected chi connectivity index (χ0v) is 18.7. The maximum atomic E-state index is 12.5. The van der Waals surface area contributed by atoms with Gasteiger partial charge in [-0.25, -0.2) is 0 Å². The number of hydrogen-bond donors (Lipinski definition) is 1. The average Bonchev–Trinajstić information content (AvgIpc) is 3.24. The molecule has 0 unspecified atom stereocenters. The van der Waals surface area contributed by atoms with Crippen molar-refractivity contribution >= 4 is 58.2 Å². The third kappa shape index (κ3) is 5.08. The lowest BCUT2D eigenvalue weighted by molar-refractivity contribution is -0.111. The van der Waals surface area contributed by atoms with E-state index in [1.54, 1.807) is 36.4 Å². The molecule has 0 radical (unpaired) electrons. The van der Waals surface area contributed by atoms with E-state index in [2.05, 4.69) is 10.2 Å². The average molecular weight is 478 g/mol. The molecule has 0 aliphatic carbocycles. The second-order valence-corrected chi connectivity index (χ2v) is 8.05. The van der Waals surface area contributed by atoms with Gasteiger partial charge < -0.3 is 19.4 Å². The molecule has 2 aromatic carbocycles. The molecule has 0 atom stereocenters. The van der Waals surface area contributed by atoms with Crippen LogP contribution in [0.25, 0.3) is 17.4 Å². The molecule has 1 aromatic heterocycles. The van der Waals surface area contributed by atoms with E-state index < -0.39 is 0 Å². The zero-order valence-electron chi connectivity index (χ0n) is 16.4. The van der Waals surface area contributed by atoms with E-state index in [0.29, 0.717) is 64.1 Å². The summed E-state index contributed by atoms with van der Waals surface area (Å²) in [6.45, 7) is 2.67. The van der Waals surface area contributed by atoms with Gasteiger partial charge in [-0.15, -0.1) is 0 Å². The van der Waals surface area contributed by atoms with Crippen molar-refractivity contribution in [2.75, 3.05) is 36.5 Å². The minimum atomic E-state index is -0.296. The molecule has 4 rings (SSSR count). The van der Waals surface area contributed by atoms with Gasteiger partial charge in [-0.1, -0.05) is 46.9 Å². The first-order chi connectivity index (χ1) is 15.0. The molecule has 1 saturated heterocycles. The standard InChI is InChI=1S/C23H19Cl3N2O3/c24-17-4-1-3-16(22(17)26)20-9-7-15(31-20)8-10-21(29)27-19-6-2-5-18(25)23(19)28-11-13-30-14-12-28/h1-10H,11-14H2,(H,27,29). The summed E-state index contributed by atoms with van der Waals surface area (Å²) in [5, 5.41) is 4.35. The lowest BCUT2D eigenvalue weighted by atomic mass is 10.2. The highest BCUT2D eigenvalue weighted by Gasteiger charge is 2.18. The summed E-state index contributed by atoms with van der Waals surface area (Å²) < 4.78 is 11.2. The van der Waals surface area contributed by atoms with Crippen LogP contribution in [0.3, 0.4) is 0 Å². The van der Waals surface area contributed by atoms with Crippen molar-refractivity contribution in [1.29, 1.82) is 0 Å². The lowest BCUT2D eigenvalue weighted by Gasteiger charge is -2.31. The van der Waals surface area contributed by atoms with Crippen molar-refractivity contribution in [1.82, 2.24) is 0 Å². The van der Waals surface area contributed by atoms with Crippen molar-refractivity contribution in [2.24, 2.45) is 0 Å².